The van der Waals surface area contributed by atoms with Crippen molar-refractivity contribution in [3.05, 3.63) is 59.9 Å². The van der Waals surface area contributed by atoms with E-state index >= 15 is 0 Å². The predicted molar refractivity (Wildman–Crippen MR) is 104 cm³/mol. The fourth-order valence-corrected chi connectivity index (χ4v) is 4.88. The Morgan fingerprint density at radius 3 is 2.62 bits per heavy atom. The minimum Gasteiger partial charge on any atom is -0.367 e. The highest BCUT2D eigenvalue weighted by molar-refractivity contribution is 5.94. The molecule has 26 heavy (non-hydrogen) atoms. The molecule has 1 aromatic heterocycles. The van der Waals surface area contributed by atoms with Gasteiger partial charge >= 0.3 is 0 Å². The maximum absolute atomic E-state index is 12.6. The van der Waals surface area contributed by atoms with Gasteiger partial charge < -0.3 is 14.8 Å². The van der Waals surface area contributed by atoms with Crippen molar-refractivity contribution >= 4 is 5.91 Å². The highest BCUT2D eigenvalue weighted by Gasteiger charge is 2.42. The fourth-order valence-electron chi connectivity index (χ4n) is 4.88. The second-order valence-corrected chi connectivity index (χ2v) is 8.03. The second-order valence-electron chi connectivity index (χ2n) is 8.03. The molecule has 4 heteroatoms. The van der Waals surface area contributed by atoms with Crippen molar-refractivity contribution in [1.29, 1.82) is 0 Å². The van der Waals surface area contributed by atoms with Gasteiger partial charge in [-0.05, 0) is 48.8 Å². The van der Waals surface area contributed by atoms with Gasteiger partial charge in [0.05, 0.1) is 5.56 Å². The molecule has 3 heterocycles. The Morgan fingerprint density at radius 2 is 1.96 bits per heavy atom. The molecule has 2 saturated heterocycles. The standard InChI is InChI=1S/C22H29N3O/c1-2-24-16-20(18-6-4-3-5-7-18)14-22(17-24)9-12-25(13-10-22)21(26)19-8-11-23-15-19/h3-8,11,15,20,23H,2,9-10,12-14,16-17H2,1H3/t20-/m1/s1. The van der Waals surface area contributed by atoms with Crippen LogP contribution in [-0.4, -0.2) is 53.4 Å². The maximum Gasteiger partial charge on any atom is 0.255 e. The predicted octanol–water partition coefficient (Wildman–Crippen LogP) is 3.75. The summed E-state index contributed by atoms with van der Waals surface area (Å²) in [5, 5.41) is 0. The van der Waals surface area contributed by atoms with E-state index in [4.69, 9.17) is 0 Å². The molecule has 0 aliphatic carbocycles. The summed E-state index contributed by atoms with van der Waals surface area (Å²) in [5.74, 6) is 0.778. The lowest BCUT2D eigenvalue weighted by Crippen LogP contribution is -2.52. The average molecular weight is 351 g/mol. The molecule has 0 bridgehead atoms. The van der Waals surface area contributed by atoms with Crippen molar-refractivity contribution in [1.82, 2.24) is 14.8 Å². The number of aromatic amines is 1. The first-order chi connectivity index (χ1) is 12.7. The smallest absolute Gasteiger partial charge is 0.255 e. The van der Waals surface area contributed by atoms with E-state index in [-0.39, 0.29) is 5.91 Å². The number of hydrogen-bond acceptors (Lipinski definition) is 2. The summed E-state index contributed by atoms with van der Waals surface area (Å²) in [6.07, 6.45) is 7.10. The van der Waals surface area contributed by atoms with Gasteiger partial charge in [-0.15, -0.1) is 0 Å². The Bertz CT molecular complexity index is 717. The van der Waals surface area contributed by atoms with Crippen LogP contribution >= 0.6 is 0 Å². The molecule has 4 rings (SSSR count). The van der Waals surface area contributed by atoms with Crippen LogP contribution in [0.1, 0.15) is 48.0 Å². The number of carbonyl (C=O) groups excluding carboxylic acids is 1. The minimum atomic E-state index is 0.170. The zero-order valence-corrected chi connectivity index (χ0v) is 15.7. The van der Waals surface area contributed by atoms with Gasteiger partial charge in [0.25, 0.3) is 5.91 Å². The minimum absolute atomic E-state index is 0.170. The van der Waals surface area contributed by atoms with Crippen molar-refractivity contribution < 1.29 is 4.79 Å². The number of H-pyrrole nitrogens is 1. The van der Waals surface area contributed by atoms with Crippen molar-refractivity contribution in [2.75, 3.05) is 32.7 Å². The lowest BCUT2D eigenvalue weighted by atomic mass is 9.68. The summed E-state index contributed by atoms with van der Waals surface area (Å²) in [6.45, 7) is 7.47. The van der Waals surface area contributed by atoms with E-state index < -0.39 is 0 Å². The third-order valence-electron chi connectivity index (χ3n) is 6.39. The van der Waals surface area contributed by atoms with Crippen LogP contribution in [0.25, 0.3) is 0 Å². The van der Waals surface area contributed by atoms with Gasteiger partial charge in [0.15, 0.2) is 0 Å². The number of piperidine rings is 2. The van der Waals surface area contributed by atoms with Gasteiger partial charge in [-0.25, -0.2) is 0 Å². The summed E-state index contributed by atoms with van der Waals surface area (Å²) in [5.41, 5.74) is 2.60. The average Bonchev–Trinajstić information content (AvgIpc) is 3.23. The third kappa shape index (κ3) is 3.43. The molecule has 1 aromatic carbocycles. The number of carbonyl (C=O) groups is 1. The van der Waals surface area contributed by atoms with Crippen molar-refractivity contribution in [3.8, 4) is 0 Å². The van der Waals surface area contributed by atoms with Gasteiger partial charge in [0, 0.05) is 38.6 Å². The fraction of sp³-hybridized carbons (Fsp3) is 0.500. The summed E-state index contributed by atoms with van der Waals surface area (Å²) >= 11 is 0. The number of rotatable bonds is 3. The number of benzene rings is 1. The Balaban J connectivity index is 1.47. The molecule has 2 aliphatic rings. The highest BCUT2D eigenvalue weighted by atomic mass is 16.2. The second kappa shape index (κ2) is 7.28. The van der Waals surface area contributed by atoms with Crippen molar-refractivity contribution in [2.45, 2.75) is 32.1 Å². The van der Waals surface area contributed by atoms with Gasteiger partial charge in [-0.3, -0.25) is 4.79 Å². The lowest BCUT2D eigenvalue weighted by molar-refractivity contribution is 0.0158. The van der Waals surface area contributed by atoms with Crippen LogP contribution in [0.4, 0.5) is 0 Å². The molecule has 138 valence electrons. The normalized spacial score (nSPS) is 23.3. The van der Waals surface area contributed by atoms with Gasteiger partial charge in [0.2, 0.25) is 0 Å². The molecular weight excluding hydrogens is 322 g/mol. The van der Waals surface area contributed by atoms with Crippen LogP contribution < -0.4 is 0 Å². The maximum atomic E-state index is 12.6. The summed E-state index contributed by atoms with van der Waals surface area (Å²) in [4.78, 5) is 20.3. The molecule has 1 N–H and O–H groups in total. The molecule has 0 radical (unpaired) electrons. The Morgan fingerprint density at radius 1 is 1.19 bits per heavy atom. The molecule has 1 atom stereocenters. The Hall–Kier alpha value is -2.07. The van der Waals surface area contributed by atoms with Crippen LogP contribution in [0, 0.1) is 5.41 Å². The molecule has 2 aliphatic heterocycles. The lowest BCUT2D eigenvalue weighted by Gasteiger charge is -2.50. The number of nitrogens with zero attached hydrogens (tertiary/aromatic N) is 2. The van der Waals surface area contributed by atoms with E-state index in [1.165, 1.54) is 18.5 Å². The first-order valence-corrected chi connectivity index (χ1v) is 9.88. The van der Waals surface area contributed by atoms with Gasteiger partial charge in [-0.1, -0.05) is 37.3 Å². The van der Waals surface area contributed by atoms with E-state index in [2.05, 4.69) is 47.1 Å². The molecule has 4 nitrogen and oxygen atoms in total. The van der Waals surface area contributed by atoms with Gasteiger partial charge in [0.1, 0.15) is 0 Å². The van der Waals surface area contributed by atoms with E-state index in [0.717, 1.165) is 44.6 Å². The molecule has 1 spiro atoms. The number of likely N-dealkylation sites (tertiary alicyclic amines) is 2. The topological polar surface area (TPSA) is 39.3 Å². The third-order valence-corrected chi connectivity index (χ3v) is 6.39. The molecule has 2 aromatic rings. The summed E-state index contributed by atoms with van der Waals surface area (Å²) in [7, 11) is 0. The van der Waals surface area contributed by atoms with E-state index in [0.29, 0.717) is 11.3 Å². The van der Waals surface area contributed by atoms with E-state index in [1.54, 1.807) is 6.20 Å². The first kappa shape index (κ1) is 17.3. The molecule has 2 fully saturated rings. The summed E-state index contributed by atoms with van der Waals surface area (Å²) in [6, 6.07) is 12.8. The monoisotopic (exact) mass is 351 g/mol. The number of hydrogen-bond donors (Lipinski definition) is 1. The Kier molecular flexibility index (Phi) is 4.86. The summed E-state index contributed by atoms with van der Waals surface area (Å²) < 4.78 is 0. The van der Waals surface area contributed by atoms with Crippen LogP contribution in [-0.2, 0) is 0 Å². The number of aromatic nitrogens is 1. The molecule has 0 saturated carbocycles. The van der Waals surface area contributed by atoms with Crippen LogP contribution in [0.5, 0.6) is 0 Å². The van der Waals surface area contributed by atoms with Crippen molar-refractivity contribution in [3.63, 3.8) is 0 Å². The Labute approximate surface area is 156 Å². The van der Waals surface area contributed by atoms with Crippen LogP contribution in [0.2, 0.25) is 0 Å². The van der Waals surface area contributed by atoms with Gasteiger partial charge in [-0.2, -0.15) is 0 Å². The van der Waals surface area contributed by atoms with E-state index in [1.807, 2.05) is 17.2 Å². The van der Waals surface area contributed by atoms with E-state index in [9.17, 15) is 4.79 Å². The molecule has 1 amide bonds. The number of likely N-dealkylation sites (N-methyl/N-ethyl adjacent to an activating group) is 1. The van der Waals surface area contributed by atoms with Crippen LogP contribution in [0.3, 0.4) is 0 Å². The molecular formula is C22H29N3O. The number of amides is 1. The first-order valence-electron chi connectivity index (χ1n) is 9.88. The zero-order chi connectivity index (χ0) is 18.0. The number of nitrogens with one attached hydrogen (secondary N) is 1. The zero-order valence-electron chi connectivity index (χ0n) is 15.7. The van der Waals surface area contributed by atoms with Crippen LogP contribution in [0.15, 0.2) is 48.8 Å². The molecule has 0 unspecified atom stereocenters. The SMILES string of the molecule is CCN1C[C@H](c2ccccc2)CC2(CCN(C(=O)c3cc[nH]c3)CC2)C1. The quantitative estimate of drug-likeness (QED) is 0.915. The highest BCUT2D eigenvalue weighted by Crippen LogP contribution is 2.45. The van der Waals surface area contributed by atoms with Crippen molar-refractivity contribution in [2.24, 2.45) is 5.41 Å². The largest absolute Gasteiger partial charge is 0.367 e.